The summed E-state index contributed by atoms with van der Waals surface area (Å²) in [4.78, 5) is 4.65. The van der Waals surface area contributed by atoms with Crippen LogP contribution in [0.1, 0.15) is 12.8 Å². The zero-order valence-electron chi connectivity index (χ0n) is 6.71. The highest BCUT2D eigenvalue weighted by Gasteiger charge is 2.10. The van der Waals surface area contributed by atoms with Gasteiger partial charge in [-0.25, -0.2) is 0 Å². The quantitative estimate of drug-likeness (QED) is 0.575. The van der Waals surface area contributed by atoms with Crippen LogP contribution in [0.4, 0.5) is 0 Å². The Morgan fingerprint density at radius 3 is 3.18 bits per heavy atom. The molecule has 0 aromatic rings. The molecule has 0 spiro atoms. The first-order chi connectivity index (χ1) is 5.33. The Morgan fingerprint density at radius 2 is 2.55 bits per heavy atom. The molecule has 2 N–H and O–H groups in total. The van der Waals surface area contributed by atoms with E-state index in [4.69, 9.17) is 5.21 Å². The Morgan fingerprint density at radius 1 is 1.73 bits per heavy atom. The summed E-state index contributed by atoms with van der Waals surface area (Å²) in [6.07, 6.45) is 3.84. The molecule has 0 aromatic carbocycles. The van der Waals surface area contributed by atoms with Crippen LogP contribution in [0.25, 0.3) is 0 Å². The van der Waals surface area contributed by atoms with Crippen LogP contribution in [0.15, 0.2) is 11.8 Å². The highest BCUT2D eigenvalue weighted by molar-refractivity contribution is 5.04. The molecule has 1 rings (SSSR count). The lowest BCUT2D eigenvalue weighted by molar-refractivity contribution is -0.0911. The second kappa shape index (κ2) is 4.33. The number of nitrogens with one attached hydrogen (secondary N) is 1. The molecule has 4 heteroatoms. The number of rotatable bonds is 2. The van der Waals surface area contributed by atoms with Crippen LogP contribution in [-0.2, 0) is 4.84 Å². The normalized spacial score (nSPS) is 24.0. The molecule has 0 aliphatic carbocycles. The molecule has 1 heterocycles. The van der Waals surface area contributed by atoms with E-state index in [1.54, 1.807) is 13.3 Å². The van der Waals surface area contributed by atoms with Crippen molar-refractivity contribution in [2.45, 2.75) is 12.8 Å². The summed E-state index contributed by atoms with van der Waals surface area (Å²) >= 11 is 0. The number of piperidine rings is 1. The van der Waals surface area contributed by atoms with Crippen LogP contribution in [0, 0.1) is 0 Å². The fourth-order valence-electron chi connectivity index (χ4n) is 1.14. The predicted molar refractivity (Wildman–Crippen MR) is 40.8 cm³/mol. The van der Waals surface area contributed by atoms with Crippen molar-refractivity contribution < 1.29 is 10.0 Å². The zero-order chi connectivity index (χ0) is 8.10. The molecular formula is C7H14N2O2. The van der Waals surface area contributed by atoms with Gasteiger partial charge in [0.2, 0.25) is 0 Å². The second-order valence-corrected chi connectivity index (χ2v) is 2.62. The average molecular weight is 158 g/mol. The van der Waals surface area contributed by atoms with Crippen molar-refractivity contribution >= 4 is 0 Å². The largest absolute Gasteiger partial charge is 0.314 e. The van der Waals surface area contributed by atoms with Crippen LogP contribution in [0.3, 0.4) is 0 Å². The standard InChI is InChI=1S/C7H14N2O2/c1-11-8-5-7-3-2-4-9(10)6-7/h5,8,10H,2-4,6H2,1H3. The van der Waals surface area contributed by atoms with Crippen LogP contribution < -0.4 is 5.48 Å². The van der Waals surface area contributed by atoms with E-state index in [0.29, 0.717) is 6.54 Å². The summed E-state index contributed by atoms with van der Waals surface area (Å²) in [6.45, 7) is 1.39. The first-order valence-electron chi connectivity index (χ1n) is 3.73. The van der Waals surface area contributed by atoms with Crippen molar-refractivity contribution in [1.29, 1.82) is 0 Å². The predicted octanol–water partition coefficient (Wildman–Crippen LogP) is 0.506. The fourth-order valence-corrected chi connectivity index (χ4v) is 1.14. The molecule has 0 aromatic heterocycles. The SMILES string of the molecule is CONC=C1CCCN(O)C1. The molecule has 0 saturated carbocycles. The molecule has 1 saturated heterocycles. The van der Waals surface area contributed by atoms with E-state index in [9.17, 15) is 0 Å². The van der Waals surface area contributed by atoms with Gasteiger partial charge in [-0.05, 0) is 18.4 Å². The number of hydrogen-bond acceptors (Lipinski definition) is 4. The minimum atomic E-state index is 0.621. The summed E-state index contributed by atoms with van der Waals surface area (Å²) in [5.41, 5.74) is 3.81. The maximum atomic E-state index is 9.10. The molecule has 0 bridgehead atoms. The van der Waals surface area contributed by atoms with Gasteiger partial charge in [0, 0.05) is 19.3 Å². The zero-order valence-corrected chi connectivity index (χ0v) is 6.71. The van der Waals surface area contributed by atoms with Gasteiger partial charge >= 0.3 is 0 Å². The minimum absolute atomic E-state index is 0.621. The van der Waals surface area contributed by atoms with Gasteiger partial charge in [0.15, 0.2) is 0 Å². The van der Waals surface area contributed by atoms with Gasteiger partial charge in [-0.2, -0.15) is 5.06 Å². The summed E-state index contributed by atoms with van der Waals surface area (Å²) in [5, 5.41) is 10.4. The minimum Gasteiger partial charge on any atom is -0.314 e. The topological polar surface area (TPSA) is 44.7 Å². The van der Waals surface area contributed by atoms with Gasteiger partial charge in [-0.15, -0.1) is 0 Å². The molecule has 0 atom stereocenters. The van der Waals surface area contributed by atoms with Gasteiger partial charge < -0.3 is 5.21 Å². The summed E-state index contributed by atoms with van der Waals surface area (Å²) in [5.74, 6) is 0. The van der Waals surface area contributed by atoms with Crippen molar-refractivity contribution in [3.8, 4) is 0 Å². The first kappa shape index (κ1) is 8.52. The highest BCUT2D eigenvalue weighted by atomic mass is 16.6. The summed E-state index contributed by atoms with van der Waals surface area (Å²) in [6, 6.07) is 0. The lowest BCUT2D eigenvalue weighted by Crippen LogP contribution is -2.28. The van der Waals surface area contributed by atoms with Gasteiger partial charge in [0.05, 0.1) is 7.11 Å². The Kier molecular flexibility index (Phi) is 3.35. The lowest BCUT2D eigenvalue weighted by atomic mass is 10.1. The molecular weight excluding hydrogens is 144 g/mol. The lowest BCUT2D eigenvalue weighted by Gasteiger charge is -2.22. The smallest absolute Gasteiger partial charge is 0.0636 e. The van der Waals surface area contributed by atoms with E-state index in [1.807, 2.05) is 0 Å². The van der Waals surface area contributed by atoms with Crippen LogP contribution in [0.5, 0.6) is 0 Å². The first-order valence-corrected chi connectivity index (χ1v) is 3.73. The van der Waals surface area contributed by atoms with Crippen LogP contribution in [-0.4, -0.2) is 30.5 Å². The van der Waals surface area contributed by atoms with Crippen molar-refractivity contribution in [3.63, 3.8) is 0 Å². The van der Waals surface area contributed by atoms with E-state index < -0.39 is 0 Å². The Balaban J connectivity index is 2.32. The third kappa shape index (κ3) is 2.88. The average Bonchev–Trinajstić information content (AvgIpc) is 2.01. The van der Waals surface area contributed by atoms with E-state index >= 15 is 0 Å². The van der Waals surface area contributed by atoms with Crippen molar-refractivity contribution in [1.82, 2.24) is 10.5 Å². The van der Waals surface area contributed by atoms with Crippen molar-refractivity contribution in [2.75, 3.05) is 20.2 Å². The van der Waals surface area contributed by atoms with Crippen LogP contribution >= 0.6 is 0 Å². The Labute approximate surface area is 66.4 Å². The number of hydrogen-bond donors (Lipinski definition) is 2. The van der Waals surface area contributed by atoms with E-state index in [1.165, 1.54) is 10.6 Å². The second-order valence-electron chi connectivity index (χ2n) is 2.62. The van der Waals surface area contributed by atoms with E-state index in [0.717, 1.165) is 19.4 Å². The number of nitrogens with zero attached hydrogens (tertiary/aromatic N) is 1. The maximum Gasteiger partial charge on any atom is 0.0636 e. The maximum absolute atomic E-state index is 9.10. The number of hydroxylamine groups is 3. The summed E-state index contributed by atoms with van der Waals surface area (Å²) in [7, 11) is 1.57. The molecule has 1 fully saturated rings. The Bertz CT molecular complexity index is 147. The molecule has 0 unspecified atom stereocenters. The molecule has 11 heavy (non-hydrogen) atoms. The van der Waals surface area contributed by atoms with Gasteiger partial charge in [-0.1, -0.05) is 0 Å². The third-order valence-corrected chi connectivity index (χ3v) is 1.68. The van der Waals surface area contributed by atoms with Crippen molar-refractivity contribution in [3.05, 3.63) is 11.8 Å². The molecule has 64 valence electrons. The van der Waals surface area contributed by atoms with E-state index in [2.05, 4.69) is 10.3 Å². The van der Waals surface area contributed by atoms with E-state index in [-0.39, 0.29) is 0 Å². The van der Waals surface area contributed by atoms with Crippen LogP contribution in [0.2, 0.25) is 0 Å². The van der Waals surface area contributed by atoms with Gasteiger partial charge in [0.25, 0.3) is 0 Å². The molecule has 0 radical (unpaired) electrons. The van der Waals surface area contributed by atoms with Gasteiger partial charge in [-0.3, -0.25) is 10.3 Å². The fraction of sp³-hybridized carbons (Fsp3) is 0.714. The van der Waals surface area contributed by atoms with Gasteiger partial charge in [0.1, 0.15) is 0 Å². The van der Waals surface area contributed by atoms with Crippen molar-refractivity contribution in [2.24, 2.45) is 0 Å². The molecule has 0 amide bonds. The third-order valence-electron chi connectivity index (χ3n) is 1.68. The molecule has 4 nitrogen and oxygen atoms in total. The molecule has 1 aliphatic rings. The highest BCUT2D eigenvalue weighted by Crippen LogP contribution is 2.12. The monoisotopic (exact) mass is 158 g/mol. The summed E-state index contributed by atoms with van der Waals surface area (Å²) < 4.78 is 0. The Hall–Kier alpha value is -0.580. The molecule has 1 aliphatic heterocycles.